The molecule has 0 aliphatic carbocycles. The minimum Gasteiger partial charge on any atom is -0.449 e. The Labute approximate surface area is 80.3 Å². The third-order valence-electron chi connectivity index (χ3n) is 1.30. The molecule has 0 saturated carbocycles. The van der Waals surface area contributed by atoms with E-state index in [0.29, 0.717) is 11.7 Å². The second-order valence-corrected chi connectivity index (χ2v) is 3.14. The van der Waals surface area contributed by atoms with E-state index in [9.17, 15) is 4.79 Å². The summed E-state index contributed by atoms with van der Waals surface area (Å²) in [7, 11) is 0. The lowest BCUT2D eigenvalue weighted by molar-refractivity contribution is 0.160. The molecule has 0 spiro atoms. The first-order valence-corrected chi connectivity index (χ1v) is 4.80. The van der Waals surface area contributed by atoms with Gasteiger partial charge in [-0.15, -0.1) is 0 Å². The number of nitrogens with zero attached hydrogens (tertiary/aromatic N) is 2. The van der Waals surface area contributed by atoms with Gasteiger partial charge >= 0.3 is 6.09 Å². The number of hydrogen-bond acceptors (Lipinski definition) is 5. The van der Waals surface area contributed by atoms with Crippen LogP contribution in [0.2, 0.25) is 0 Å². The van der Waals surface area contributed by atoms with Gasteiger partial charge in [0.15, 0.2) is 0 Å². The molecule has 0 unspecified atom stereocenters. The molecule has 72 valence electrons. The van der Waals surface area contributed by atoms with Crippen LogP contribution in [0.1, 0.15) is 19.8 Å². The first-order valence-electron chi connectivity index (χ1n) is 4.03. The van der Waals surface area contributed by atoms with Crippen LogP contribution < -0.4 is 5.32 Å². The van der Waals surface area contributed by atoms with Crippen LogP contribution in [0.3, 0.4) is 0 Å². The van der Waals surface area contributed by atoms with Gasteiger partial charge in [0, 0.05) is 11.5 Å². The third-order valence-corrected chi connectivity index (χ3v) is 1.88. The summed E-state index contributed by atoms with van der Waals surface area (Å²) in [6, 6.07) is 0. The second kappa shape index (κ2) is 5.47. The molecule has 6 heteroatoms. The highest BCUT2D eigenvalue weighted by Crippen LogP contribution is 2.06. The summed E-state index contributed by atoms with van der Waals surface area (Å²) in [5.74, 6) is 0. The van der Waals surface area contributed by atoms with E-state index in [4.69, 9.17) is 4.74 Å². The second-order valence-electron chi connectivity index (χ2n) is 2.36. The lowest BCUT2D eigenvalue weighted by Crippen LogP contribution is -2.13. The molecular weight excluding hydrogens is 190 g/mol. The molecule has 0 bridgehead atoms. The van der Waals surface area contributed by atoms with Crippen molar-refractivity contribution in [2.24, 2.45) is 0 Å². The highest BCUT2D eigenvalue weighted by Gasteiger charge is 2.03. The molecule has 0 atom stereocenters. The Balaban J connectivity index is 2.18. The van der Waals surface area contributed by atoms with Crippen LogP contribution in [0.5, 0.6) is 0 Å². The monoisotopic (exact) mass is 201 g/mol. The molecule has 0 aromatic carbocycles. The van der Waals surface area contributed by atoms with Gasteiger partial charge in [-0.3, -0.25) is 5.32 Å². The van der Waals surface area contributed by atoms with Gasteiger partial charge < -0.3 is 4.74 Å². The number of anilines is 1. The van der Waals surface area contributed by atoms with Gasteiger partial charge in [0.05, 0.1) is 6.61 Å². The molecule has 1 aromatic rings. The van der Waals surface area contributed by atoms with E-state index in [2.05, 4.69) is 14.7 Å². The van der Waals surface area contributed by atoms with E-state index in [-0.39, 0.29) is 0 Å². The van der Waals surface area contributed by atoms with Crippen molar-refractivity contribution in [2.75, 3.05) is 11.9 Å². The summed E-state index contributed by atoms with van der Waals surface area (Å²) < 4.78 is 8.58. The molecule has 0 aliphatic heterocycles. The van der Waals surface area contributed by atoms with Crippen LogP contribution in [-0.2, 0) is 4.74 Å². The Kier molecular flexibility index (Phi) is 4.17. The predicted octanol–water partition coefficient (Wildman–Crippen LogP) is 1.89. The molecule has 0 fully saturated rings. The summed E-state index contributed by atoms with van der Waals surface area (Å²) in [5, 5.41) is 2.92. The SMILES string of the molecule is CCCCOC(=O)Nc1ncns1. The average Bonchev–Trinajstić information content (AvgIpc) is 2.57. The molecular formula is C7H11N3O2S. The molecule has 1 N–H and O–H groups in total. The minimum atomic E-state index is -0.467. The fourth-order valence-corrected chi connectivity index (χ4v) is 1.08. The van der Waals surface area contributed by atoms with Gasteiger partial charge in [-0.25, -0.2) is 9.78 Å². The normalized spacial score (nSPS) is 9.62. The Morgan fingerprint density at radius 1 is 1.77 bits per heavy atom. The van der Waals surface area contributed by atoms with Crippen molar-refractivity contribution in [3.8, 4) is 0 Å². The van der Waals surface area contributed by atoms with Gasteiger partial charge in [-0.1, -0.05) is 13.3 Å². The number of carbonyl (C=O) groups excluding carboxylic acids is 1. The fourth-order valence-electron chi connectivity index (χ4n) is 0.661. The number of carbonyl (C=O) groups is 1. The molecule has 1 rings (SSSR count). The predicted molar refractivity (Wildman–Crippen MR) is 49.8 cm³/mol. The van der Waals surface area contributed by atoms with Gasteiger partial charge in [0.25, 0.3) is 0 Å². The zero-order valence-corrected chi connectivity index (χ0v) is 8.13. The number of nitrogens with one attached hydrogen (secondary N) is 1. The molecule has 0 aliphatic rings. The largest absolute Gasteiger partial charge is 0.449 e. The Morgan fingerprint density at radius 2 is 2.62 bits per heavy atom. The maximum atomic E-state index is 11.0. The maximum Gasteiger partial charge on any atom is 0.413 e. The van der Waals surface area contributed by atoms with Crippen molar-refractivity contribution in [3.63, 3.8) is 0 Å². The first kappa shape index (κ1) is 9.91. The van der Waals surface area contributed by atoms with Crippen LogP contribution in [0.25, 0.3) is 0 Å². The highest BCUT2D eigenvalue weighted by atomic mass is 32.1. The van der Waals surface area contributed by atoms with Gasteiger partial charge in [-0.2, -0.15) is 4.37 Å². The van der Waals surface area contributed by atoms with E-state index in [1.165, 1.54) is 6.33 Å². The Bertz CT molecular complexity index is 250. The fraction of sp³-hybridized carbons (Fsp3) is 0.571. The van der Waals surface area contributed by atoms with Crippen LogP contribution in [-0.4, -0.2) is 22.1 Å². The first-order chi connectivity index (χ1) is 6.33. The molecule has 13 heavy (non-hydrogen) atoms. The van der Waals surface area contributed by atoms with Crippen LogP contribution >= 0.6 is 11.5 Å². The van der Waals surface area contributed by atoms with E-state index >= 15 is 0 Å². The quantitative estimate of drug-likeness (QED) is 0.755. The number of unbranched alkanes of at least 4 members (excludes halogenated alkanes) is 1. The molecule has 5 nitrogen and oxygen atoms in total. The Morgan fingerprint density at radius 3 is 3.23 bits per heavy atom. The number of ether oxygens (including phenoxy) is 1. The summed E-state index contributed by atoms with van der Waals surface area (Å²) in [6.45, 7) is 2.48. The smallest absolute Gasteiger partial charge is 0.413 e. The molecule has 1 heterocycles. The van der Waals surface area contributed by atoms with Gasteiger partial charge in [0.1, 0.15) is 6.33 Å². The molecule has 1 amide bonds. The van der Waals surface area contributed by atoms with E-state index in [0.717, 1.165) is 24.4 Å². The molecule has 0 radical (unpaired) electrons. The lowest BCUT2D eigenvalue weighted by atomic mass is 10.4. The van der Waals surface area contributed by atoms with Crippen molar-refractivity contribution < 1.29 is 9.53 Å². The van der Waals surface area contributed by atoms with E-state index in [1.807, 2.05) is 6.92 Å². The highest BCUT2D eigenvalue weighted by molar-refractivity contribution is 7.09. The van der Waals surface area contributed by atoms with Gasteiger partial charge in [0.2, 0.25) is 5.13 Å². The number of amides is 1. The van der Waals surface area contributed by atoms with Crippen LogP contribution in [0.4, 0.5) is 9.93 Å². The summed E-state index contributed by atoms with van der Waals surface area (Å²) >= 11 is 1.12. The van der Waals surface area contributed by atoms with Crippen molar-refractivity contribution in [1.29, 1.82) is 0 Å². The minimum absolute atomic E-state index is 0.446. The maximum absolute atomic E-state index is 11.0. The molecule has 1 aromatic heterocycles. The zero-order chi connectivity index (χ0) is 9.52. The van der Waals surface area contributed by atoms with Crippen molar-refractivity contribution in [3.05, 3.63) is 6.33 Å². The topological polar surface area (TPSA) is 64.1 Å². The van der Waals surface area contributed by atoms with Crippen molar-refractivity contribution in [1.82, 2.24) is 9.36 Å². The summed E-state index contributed by atoms with van der Waals surface area (Å²) in [4.78, 5) is 14.8. The third kappa shape index (κ3) is 3.84. The zero-order valence-electron chi connectivity index (χ0n) is 7.32. The summed E-state index contributed by atoms with van der Waals surface area (Å²) in [6.07, 6.45) is 2.80. The standard InChI is InChI=1S/C7H11N3O2S/c1-2-3-4-12-7(11)10-6-8-5-9-13-6/h5H,2-4H2,1H3,(H,8,9,10,11). The average molecular weight is 201 g/mol. The van der Waals surface area contributed by atoms with Crippen molar-refractivity contribution in [2.45, 2.75) is 19.8 Å². The van der Waals surface area contributed by atoms with E-state index < -0.39 is 6.09 Å². The molecule has 0 saturated heterocycles. The number of hydrogen-bond donors (Lipinski definition) is 1. The van der Waals surface area contributed by atoms with Crippen molar-refractivity contribution >= 4 is 22.8 Å². The van der Waals surface area contributed by atoms with Crippen LogP contribution in [0, 0.1) is 0 Å². The van der Waals surface area contributed by atoms with Crippen LogP contribution in [0.15, 0.2) is 6.33 Å². The number of aromatic nitrogens is 2. The number of rotatable bonds is 4. The Hall–Kier alpha value is -1.17. The summed E-state index contributed by atoms with van der Waals surface area (Å²) in [5.41, 5.74) is 0. The van der Waals surface area contributed by atoms with E-state index in [1.54, 1.807) is 0 Å². The lowest BCUT2D eigenvalue weighted by Gasteiger charge is -2.02. The van der Waals surface area contributed by atoms with Gasteiger partial charge in [-0.05, 0) is 6.42 Å².